The van der Waals surface area contributed by atoms with Gasteiger partial charge in [0.25, 0.3) is 0 Å². The summed E-state index contributed by atoms with van der Waals surface area (Å²) in [7, 11) is 0. The molecule has 0 aliphatic carbocycles. The first-order valence-corrected chi connectivity index (χ1v) is 6.10. The Morgan fingerprint density at radius 2 is 2.29 bits per heavy atom. The van der Waals surface area contributed by atoms with Crippen molar-refractivity contribution in [1.82, 2.24) is 10.3 Å². The summed E-state index contributed by atoms with van der Waals surface area (Å²) in [6.45, 7) is 2.09. The number of phenolic OH excluding ortho intramolecular Hbond substituents is 1. The first kappa shape index (κ1) is 12.0. The molecule has 5 heteroatoms. The van der Waals surface area contributed by atoms with Gasteiger partial charge in [0.15, 0.2) is 0 Å². The van der Waals surface area contributed by atoms with Crippen LogP contribution in [0.25, 0.3) is 10.9 Å². The second-order valence-corrected chi connectivity index (χ2v) is 4.75. The van der Waals surface area contributed by atoms with E-state index in [2.05, 4.69) is 26.2 Å². The molecule has 0 saturated heterocycles. The lowest BCUT2D eigenvalue weighted by atomic mass is 10.1. The number of aromatic nitrogens is 1. The average Bonchev–Trinajstić information content (AvgIpc) is 2.62. The molecule has 0 atom stereocenters. The van der Waals surface area contributed by atoms with Crippen molar-refractivity contribution >= 4 is 32.7 Å². The van der Waals surface area contributed by atoms with E-state index in [1.807, 2.05) is 12.3 Å². The summed E-state index contributed by atoms with van der Waals surface area (Å²) in [4.78, 5) is 13.9. The molecule has 1 heterocycles. The molecular weight excluding hydrogens is 284 g/mol. The van der Waals surface area contributed by atoms with E-state index in [-0.39, 0.29) is 11.7 Å². The van der Waals surface area contributed by atoms with Crippen molar-refractivity contribution in [3.63, 3.8) is 0 Å². The summed E-state index contributed by atoms with van der Waals surface area (Å²) in [5, 5.41) is 13.4. The van der Waals surface area contributed by atoms with E-state index in [1.165, 1.54) is 6.92 Å². The molecule has 0 aliphatic rings. The van der Waals surface area contributed by atoms with E-state index in [0.29, 0.717) is 11.0 Å². The molecule has 2 rings (SSSR count). The number of nitrogens with one attached hydrogen (secondary N) is 2. The van der Waals surface area contributed by atoms with Crippen molar-refractivity contribution in [3.8, 4) is 5.75 Å². The number of amides is 1. The fraction of sp³-hybridized carbons (Fsp3) is 0.250. The Kier molecular flexibility index (Phi) is 3.38. The van der Waals surface area contributed by atoms with Crippen LogP contribution in [0.15, 0.2) is 22.8 Å². The van der Waals surface area contributed by atoms with Crippen molar-refractivity contribution in [2.24, 2.45) is 0 Å². The predicted octanol–water partition coefficient (Wildman–Crippen LogP) is 2.31. The van der Waals surface area contributed by atoms with Gasteiger partial charge in [0, 0.05) is 30.6 Å². The molecule has 0 bridgehead atoms. The first-order chi connectivity index (χ1) is 8.08. The lowest BCUT2D eigenvalue weighted by molar-refractivity contribution is -0.118. The van der Waals surface area contributed by atoms with Gasteiger partial charge in [-0.3, -0.25) is 4.79 Å². The van der Waals surface area contributed by atoms with Crippen molar-refractivity contribution in [3.05, 3.63) is 28.4 Å². The van der Waals surface area contributed by atoms with Crippen LogP contribution in [0.4, 0.5) is 0 Å². The smallest absolute Gasteiger partial charge is 0.216 e. The van der Waals surface area contributed by atoms with E-state index in [9.17, 15) is 9.90 Å². The monoisotopic (exact) mass is 296 g/mol. The molecule has 0 spiro atoms. The quantitative estimate of drug-likeness (QED) is 0.814. The maximum absolute atomic E-state index is 10.8. The standard InChI is InChI=1S/C12H13BrN2O2/c1-7(16)14-3-2-8-6-15-11-5-10(13)12(17)4-9(8)11/h4-6,15,17H,2-3H2,1H3,(H,14,16). The third kappa shape index (κ3) is 2.61. The van der Waals surface area contributed by atoms with Crippen molar-refractivity contribution in [2.45, 2.75) is 13.3 Å². The highest BCUT2D eigenvalue weighted by molar-refractivity contribution is 9.10. The van der Waals surface area contributed by atoms with Gasteiger partial charge in [0.1, 0.15) is 5.75 Å². The van der Waals surface area contributed by atoms with Crippen LogP contribution in [0.5, 0.6) is 5.75 Å². The number of halogens is 1. The minimum absolute atomic E-state index is 0.0320. The SMILES string of the molecule is CC(=O)NCCc1c[nH]c2cc(Br)c(O)cc12. The third-order valence-electron chi connectivity index (χ3n) is 2.60. The third-order valence-corrected chi connectivity index (χ3v) is 3.24. The number of hydrogen-bond acceptors (Lipinski definition) is 2. The summed E-state index contributed by atoms with van der Waals surface area (Å²) in [6.07, 6.45) is 2.64. The van der Waals surface area contributed by atoms with Gasteiger partial charge in [0.2, 0.25) is 5.91 Å². The maximum Gasteiger partial charge on any atom is 0.216 e. The maximum atomic E-state index is 10.8. The van der Waals surface area contributed by atoms with Crippen LogP contribution in [0.3, 0.4) is 0 Å². The molecule has 2 aromatic rings. The largest absolute Gasteiger partial charge is 0.507 e. The van der Waals surface area contributed by atoms with Gasteiger partial charge in [-0.05, 0) is 40.0 Å². The topological polar surface area (TPSA) is 65.1 Å². The van der Waals surface area contributed by atoms with E-state index < -0.39 is 0 Å². The molecule has 1 aromatic heterocycles. The summed E-state index contributed by atoms with van der Waals surface area (Å²) >= 11 is 3.27. The van der Waals surface area contributed by atoms with Gasteiger partial charge in [-0.2, -0.15) is 0 Å². The number of fused-ring (bicyclic) bond motifs is 1. The Morgan fingerprint density at radius 3 is 3.00 bits per heavy atom. The molecule has 90 valence electrons. The Bertz CT molecular complexity index is 563. The molecular formula is C12H13BrN2O2. The van der Waals surface area contributed by atoms with Gasteiger partial charge in [-0.25, -0.2) is 0 Å². The van der Waals surface area contributed by atoms with Gasteiger partial charge in [0.05, 0.1) is 4.47 Å². The summed E-state index contributed by atoms with van der Waals surface area (Å²) in [5.74, 6) is 0.188. The highest BCUT2D eigenvalue weighted by Crippen LogP contribution is 2.30. The van der Waals surface area contributed by atoms with Crippen molar-refractivity contribution < 1.29 is 9.90 Å². The Balaban J connectivity index is 2.23. The summed E-state index contributed by atoms with van der Waals surface area (Å²) in [5.41, 5.74) is 2.05. The van der Waals surface area contributed by atoms with E-state index in [0.717, 1.165) is 22.9 Å². The second kappa shape index (κ2) is 4.79. The molecule has 0 aliphatic heterocycles. The average molecular weight is 297 g/mol. The van der Waals surface area contributed by atoms with Crippen LogP contribution in [-0.4, -0.2) is 22.5 Å². The fourth-order valence-electron chi connectivity index (χ4n) is 1.77. The minimum atomic E-state index is -0.0320. The zero-order valence-corrected chi connectivity index (χ0v) is 11.0. The predicted molar refractivity (Wildman–Crippen MR) is 70.1 cm³/mol. The number of H-pyrrole nitrogens is 1. The van der Waals surface area contributed by atoms with Crippen LogP contribution in [0, 0.1) is 0 Å². The van der Waals surface area contributed by atoms with E-state index >= 15 is 0 Å². The number of carbonyl (C=O) groups is 1. The number of carbonyl (C=O) groups excluding carboxylic acids is 1. The van der Waals surface area contributed by atoms with Crippen LogP contribution in [0.1, 0.15) is 12.5 Å². The van der Waals surface area contributed by atoms with Crippen LogP contribution in [0.2, 0.25) is 0 Å². The number of hydrogen-bond donors (Lipinski definition) is 3. The summed E-state index contributed by atoms with van der Waals surface area (Å²) in [6, 6.07) is 3.56. The van der Waals surface area contributed by atoms with Crippen LogP contribution < -0.4 is 5.32 Å². The van der Waals surface area contributed by atoms with Gasteiger partial charge < -0.3 is 15.4 Å². The number of rotatable bonds is 3. The zero-order valence-electron chi connectivity index (χ0n) is 9.38. The molecule has 1 aromatic carbocycles. The normalized spacial score (nSPS) is 10.7. The van der Waals surface area contributed by atoms with Gasteiger partial charge in [-0.15, -0.1) is 0 Å². The molecule has 1 amide bonds. The van der Waals surface area contributed by atoms with Gasteiger partial charge >= 0.3 is 0 Å². The lowest BCUT2D eigenvalue weighted by Gasteiger charge is -2.02. The van der Waals surface area contributed by atoms with Gasteiger partial charge in [-0.1, -0.05) is 0 Å². The molecule has 4 nitrogen and oxygen atoms in total. The molecule has 0 unspecified atom stereocenters. The molecule has 0 fully saturated rings. The van der Waals surface area contributed by atoms with Crippen molar-refractivity contribution in [2.75, 3.05) is 6.54 Å². The molecule has 3 N–H and O–H groups in total. The lowest BCUT2D eigenvalue weighted by Crippen LogP contribution is -2.22. The zero-order chi connectivity index (χ0) is 12.4. The second-order valence-electron chi connectivity index (χ2n) is 3.90. The van der Waals surface area contributed by atoms with E-state index in [4.69, 9.17) is 0 Å². The number of aromatic amines is 1. The minimum Gasteiger partial charge on any atom is -0.507 e. The molecule has 0 radical (unpaired) electrons. The molecule has 17 heavy (non-hydrogen) atoms. The fourth-order valence-corrected chi connectivity index (χ4v) is 2.11. The van der Waals surface area contributed by atoms with E-state index in [1.54, 1.807) is 6.07 Å². The van der Waals surface area contributed by atoms with Crippen molar-refractivity contribution in [1.29, 1.82) is 0 Å². The Hall–Kier alpha value is -1.49. The van der Waals surface area contributed by atoms with Crippen LogP contribution >= 0.6 is 15.9 Å². The highest BCUT2D eigenvalue weighted by atomic mass is 79.9. The van der Waals surface area contributed by atoms with Crippen LogP contribution in [-0.2, 0) is 11.2 Å². The highest BCUT2D eigenvalue weighted by Gasteiger charge is 2.07. The molecule has 0 saturated carbocycles. The Labute approximate surface area is 107 Å². The number of aromatic hydroxyl groups is 1. The number of benzene rings is 1. The summed E-state index contributed by atoms with van der Waals surface area (Å²) < 4.78 is 0.667. The Morgan fingerprint density at radius 1 is 1.53 bits per heavy atom. The first-order valence-electron chi connectivity index (χ1n) is 5.31. The number of phenols is 1.